The molecular formula is C9H15NO3S. The molecule has 0 amide bonds. The largest absolute Gasteiger partial charge is 0.392 e. The van der Waals surface area contributed by atoms with E-state index in [-0.39, 0.29) is 17.7 Å². The third-order valence-corrected chi connectivity index (χ3v) is 2.20. The predicted molar refractivity (Wildman–Crippen MR) is 55.2 cm³/mol. The summed E-state index contributed by atoms with van der Waals surface area (Å²) in [6.07, 6.45) is 1.88. The molecule has 14 heavy (non-hydrogen) atoms. The summed E-state index contributed by atoms with van der Waals surface area (Å²) in [6, 6.07) is -0.297. The quantitative estimate of drug-likeness (QED) is 0.411. The number of ether oxygens (including phenoxy) is 1. The number of esters is 2. The summed E-state index contributed by atoms with van der Waals surface area (Å²) in [5.74, 6) is -0.951. The summed E-state index contributed by atoms with van der Waals surface area (Å²) in [7, 11) is 0. The van der Waals surface area contributed by atoms with Crippen molar-refractivity contribution in [2.45, 2.75) is 37.5 Å². The van der Waals surface area contributed by atoms with Gasteiger partial charge in [0.25, 0.3) is 0 Å². The van der Waals surface area contributed by atoms with Crippen molar-refractivity contribution in [2.75, 3.05) is 6.54 Å². The van der Waals surface area contributed by atoms with Gasteiger partial charge in [-0.25, -0.2) is 4.79 Å². The molecule has 5 heteroatoms. The molecular weight excluding hydrogens is 202 g/mol. The van der Waals surface area contributed by atoms with Crippen molar-refractivity contribution in [1.82, 2.24) is 5.32 Å². The number of hydrogen-bond acceptors (Lipinski definition) is 5. The maximum atomic E-state index is 11.3. The smallest absolute Gasteiger partial charge is 0.330 e. The third kappa shape index (κ3) is 3.67. The lowest BCUT2D eigenvalue weighted by atomic mass is 10.2. The molecule has 1 rings (SSSR count). The van der Waals surface area contributed by atoms with E-state index in [9.17, 15) is 9.59 Å². The Labute approximate surface area is 88.8 Å². The van der Waals surface area contributed by atoms with Gasteiger partial charge in [0.1, 0.15) is 6.04 Å². The molecule has 0 radical (unpaired) electrons. The SMILES string of the molecule is CC(S)CC(=O)OC(=O)[C@@H]1CCCN1. The minimum atomic E-state index is -0.494. The number of nitrogens with one attached hydrogen (secondary N) is 1. The minimum absolute atomic E-state index is 0.0770. The van der Waals surface area contributed by atoms with E-state index < -0.39 is 11.9 Å². The van der Waals surface area contributed by atoms with Crippen LogP contribution in [0.5, 0.6) is 0 Å². The molecule has 1 unspecified atom stereocenters. The molecule has 1 N–H and O–H groups in total. The molecule has 80 valence electrons. The van der Waals surface area contributed by atoms with E-state index in [0.717, 1.165) is 19.4 Å². The third-order valence-electron chi connectivity index (χ3n) is 2.02. The molecule has 0 aromatic rings. The Bertz CT molecular complexity index is 224. The fraction of sp³-hybridized carbons (Fsp3) is 0.778. The number of carbonyl (C=O) groups is 2. The van der Waals surface area contributed by atoms with E-state index in [0.29, 0.717) is 0 Å². The number of thiol groups is 1. The lowest BCUT2D eigenvalue weighted by Crippen LogP contribution is -2.34. The molecule has 1 fully saturated rings. The summed E-state index contributed by atoms with van der Waals surface area (Å²) < 4.78 is 4.66. The van der Waals surface area contributed by atoms with Crippen LogP contribution in [0.2, 0.25) is 0 Å². The van der Waals surface area contributed by atoms with Crippen LogP contribution < -0.4 is 5.32 Å². The van der Waals surface area contributed by atoms with Gasteiger partial charge in [0.15, 0.2) is 0 Å². The zero-order valence-corrected chi connectivity index (χ0v) is 9.05. The van der Waals surface area contributed by atoms with Crippen LogP contribution >= 0.6 is 12.6 Å². The molecule has 1 aliphatic heterocycles. The summed E-state index contributed by atoms with van der Waals surface area (Å²) >= 11 is 4.04. The van der Waals surface area contributed by atoms with Gasteiger partial charge < -0.3 is 10.1 Å². The highest BCUT2D eigenvalue weighted by Gasteiger charge is 2.25. The summed E-state index contributed by atoms with van der Waals surface area (Å²) in [6.45, 7) is 2.60. The van der Waals surface area contributed by atoms with Gasteiger partial charge in [-0.05, 0) is 19.4 Å². The predicted octanol–water partition coefficient (Wildman–Crippen LogP) is 0.517. The summed E-state index contributed by atoms with van der Waals surface area (Å²) in [5, 5.41) is 2.89. The van der Waals surface area contributed by atoms with Crippen LogP contribution in [0.3, 0.4) is 0 Å². The number of rotatable bonds is 3. The van der Waals surface area contributed by atoms with Gasteiger partial charge in [-0.1, -0.05) is 6.92 Å². The Hall–Kier alpha value is -0.550. The molecule has 0 saturated carbocycles. The Morgan fingerprint density at radius 3 is 2.86 bits per heavy atom. The molecule has 0 spiro atoms. The highest BCUT2D eigenvalue weighted by atomic mass is 32.1. The first kappa shape index (κ1) is 11.5. The summed E-state index contributed by atoms with van der Waals surface area (Å²) in [4.78, 5) is 22.4. The van der Waals surface area contributed by atoms with E-state index in [1.807, 2.05) is 0 Å². The highest BCUT2D eigenvalue weighted by Crippen LogP contribution is 2.08. The molecule has 0 aliphatic carbocycles. The fourth-order valence-corrected chi connectivity index (χ4v) is 1.50. The Morgan fingerprint density at radius 1 is 1.64 bits per heavy atom. The first-order valence-electron chi connectivity index (χ1n) is 4.75. The van der Waals surface area contributed by atoms with Gasteiger partial charge >= 0.3 is 11.9 Å². The molecule has 2 atom stereocenters. The maximum Gasteiger partial charge on any atom is 0.330 e. The van der Waals surface area contributed by atoms with Crippen molar-refractivity contribution in [3.63, 3.8) is 0 Å². The molecule has 0 bridgehead atoms. The second-order valence-electron chi connectivity index (χ2n) is 3.50. The Morgan fingerprint density at radius 2 is 2.36 bits per heavy atom. The van der Waals surface area contributed by atoms with Gasteiger partial charge in [-0.3, -0.25) is 4.79 Å². The van der Waals surface area contributed by atoms with E-state index in [1.54, 1.807) is 6.92 Å². The van der Waals surface area contributed by atoms with Crippen LogP contribution in [0.25, 0.3) is 0 Å². The van der Waals surface area contributed by atoms with Gasteiger partial charge in [0.05, 0.1) is 6.42 Å². The fourth-order valence-electron chi connectivity index (χ4n) is 1.35. The van der Waals surface area contributed by atoms with Crippen LogP contribution in [0.15, 0.2) is 0 Å². The summed E-state index contributed by atoms with van der Waals surface area (Å²) in [5.41, 5.74) is 0. The van der Waals surface area contributed by atoms with E-state index in [4.69, 9.17) is 0 Å². The zero-order valence-electron chi connectivity index (χ0n) is 8.16. The van der Waals surface area contributed by atoms with E-state index >= 15 is 0 Å². The second kappa shape index (κ2) is 5.36. The second-order valence-corrected chi connectivity index (χ2v) is 4.38. The molecule has 1 aliphatic rings. The number of carbonyl (C=O) groups excluding carboxylic acids is 2. The lowest BCUT2D eigenvalue weighted by molar-refractivity contribution is -0.160. The van der Waals surface area contributed by atoms with Crippen molar-refractivity contribution in [3.05, 3.63) is 0 Å². The van der Waals surface area contributed by atoms with Crippen LogP contribution in [0, 0.1) is 0 Å². The first-order valence-corrected chi connectivity index (χ1v) is 5.27. The number of hydrogen-bond donors (Lipinski definition) is 2. The maximum absolute atomic E-state index is 11.3. The first-order chi connectivity index (χ1) is 6.59. The van der Waals surface area contributed by atoms with Crippen molar-refractivity contribution < 1.29 is 14.3 Å². The molecule has 0 aromatic carbocycles. The molecule has 0 aromatic heterocycles. The average molecular weight is 217 g/mol. The van der Waals surface area contributed by atoms with Crippen LogP contribution in [0.4, 0.5) is 0 Å². The molecule has 1 saturated heterocycles. The standard InChI is InChI=1S/C9H15NO3S/c1-6(14)5-8(11)13-9(12)7-3-2-4-10-7/h6-7,10,14H,2-5H2,1H3/t6?,7-/m0/s1. The van der Waals surface area contributed by atoms with Crippen molar-refractivity contribution in [1.29, 1.82) is 0 Å². The van der Waals surface area contributed by atoms with Crippen molar-refractivity contribution in [2.24, 2.45) is 0 Å². The van der Waals surface area contributed by atoms with E-state index in [2.05, 4.69) is 22.7 Å². The van der Waals surface area contributed by atoms with Crippen molar-refractivity contribution >= 4 is 24.6 Å². The van der Waals surface area contributed by atoms with Crippen molar-refractivity contribution in [3.8, 4) is 0 Å². The minimum Gasteiger partial charge on any atom is -0.392 e. The van der Waals surface area contributed by atoms with Crippen LogP contribution in [0.1, 0.15) is 26.2 Å². The van der Waals surface area contributed by atoms with Gasteiger partial charge in [0, 0.05) is 5.25 Å². The molecule has 1 heterocycles. The van der Waals surface area contributed by atoms with E-state index in [1.165, 1.54) is 0 Å². The average Bonchev–Trinajstić information content (AvgIpc) is 2.53. The monoisotopic (exact) mass is 217 g/mol. The van der Waals surface area contributed by atoms with Crippen LogP contribution in [-0.2, 0) is 14.3 Å². The highest BCUT2D eigenvalue weighted by molar-refractivity contribution is 7.80. The van der Waals surface area contributed by atoms with Gasteiger partial charge in [-0.15, -0.1) is 0 Å². The normalized spacial score (nSPS) is 23.1. The zero-order chi connectivity index (χ0) is 10.6. The lowest BCUT2D eigenvalue weighted by Gasteiger charge is -2.09. The van der Waals surface area contributed by atoms with Crippen LogP contribution in [-0.4, -0.2) is 29.8 Å². The van der Waals surface area contributed by atoms with Gasteiger partial charge in [-0.2, -0.15) is 12.6 Å². The van der Waals surface area contributed by atoms with Gasteiger partial charge in [0.2, 0.25) is 0 Å². The Balaban J connectivity index is 2.28. The molecule has 4 nitrogen and oxygen atoms in total. The topological polar surface area (TPSA) is 55.4 Å². The Kier molecular flexibility index (Phi) is 4.41.